The van der Waals surface area contributed by atoms with E-state index in [4.69, 9.17) is 22.7 Å². The first kappa shape index (κ1) is 14.9. The lowest BCUT2D eigenvalue weighted by molar-refractivity contribution is 0.102. The zero-order valence-electron chi connectivity index (χ0n) is 11.4. The Bertz CT molecular complexity index is 714. The number of methoxy groups -OCH3 is 1. The van der Waals surface area contributed by atoms with Crippen molar-refractivity contribution in [2.75, 3.05) is 12.4 Å². The van der Waals surface area contributed by atoms with Gasteiger partial charge in [-0.25, -0.2) is 4.39 Å². The average molecular weight is 308 g/mol. The number of ether oxygens (including phenoxy) is 1. The summed E-state index contributed by atoms with van der Waals surface area (Å²) in [6.45, 7) is 0. The Morgan fingerprint density at radius 2 is 2.24 bits per heavy atom. The highest BCUT2D eigenvalue weighted by Crippen LogP contribution is 2.20. The largest absolute Gasteiger partial charge is 0.494 e. The number of benzene rings is 1. The monoisotopic (exact) mass is 308 g/mol. The summed E-state index contributed by atoms with van der Waals surface area (Å²) in [6.07, 6.45) is 1.46. The number of hydrogen-bond donors (Lipinski definition) is 2. The third-order valence-corrected chi connectivity index (χ3v) is 3.07. The van der Waals surface area contributed by atoms with Crippen LogP contribution in [0.25, 0.3) is 0 Å². The van der Waals surface area contributed by atoms with Gasteiger partial charge in [0.05, 0.1) is 18.9 Å². The number of carbonyl (C=O) groups excluding carboxylic acids is 1. The Hall–Kier alpha value is -2.48. The number of aromatic nitrogens is 2. The average Bonchev–Trinajstić information content (AvgIpc) is 2.81. The van der Waals surface area contributed by atoms with Crippen LogP contribution in [-0.4, -0.2) is 27.8 Å². The van der Waals surface area contributed by atoms with Crippen molar-refractivity contribution in [3.63, 3.8) is 0 Å². The molecule has 3 N–H and O–H groups in total. The third-order valence-electron chi connectivity index (χ3n) is 2.85. The van der Waals surface area contributed by atoms with E-state index in [0.717, 1.165) is 6.07 Å². The fraction of sp³-hybridized carbons (Fsp3) is 0.154. The molecule has 0 fully saturated rings. The molecule has 0 atom stereocenters. The summed E-state index contributed by atoms with van der Waals surface area (Å²) < 4.78 is 19.6. The second-order valence-corrected chi connectivity index (χ2v) is 4.64. The van der Waals surface area contributed by atoms with Crippen LogP contribution in [0, 0.1) is 5.82 Å². The summed E-state index contributed by atoms with van der Waals surface area (Å²) in [5.74, 6) is -0.633. The molecule has 0 aliphatic heterocycles. The van der Waals surface area contributed by atoms with E-state index >= 15 is 0 Å². The maximum absolute atomic E-state index is 13.3. The summed E-state index contributed by atoms with van der Waals surface area (Å²) in [7, 11) is 2.97. The molecule has 2 aromatic rings. The normalized spacial score (nSPS) is 10.2. The van der Waals surface area contributed by atoms with Crippen LogP contribution in [0.2, 0.25) is 0 Å². The molecule has 1 amide bonds. The number of thiocarbonyl (C=S) groups is 1. The van der Waals surface area contributed by atoms with Gasteiger partial charge in [0.15, 0.2) is 11.6 Å². The van der Waals surface area contributed by atoms with E-state index in [2.05, 4.69) is 10.4 Å². The molecule has 0 aliphatic carbocycles. The second kappa shape index (κ2) is 5.88. The van der Waals surface area contributed by atoms with Crippen molar-refractivity contribution in [1.29, 1.82) is 0 Å². The van der Waals surface area contributed by atoms with Crippen LogP contribution in [0.1, 0.15) is 15.9 Å². The number of amides is 1. The SMILES string of the molecule is COc1cc(C(=O)Nc2c(C(N)=S)cnn2C)ccc1F. The summed E-state index contributed by atoms with van der Waals surface area (Å²) >= 11 is 4.89. The van der Waals surface area contributed by atoms with Crippen molar-refractivity contribution in [2.24, 2.45) is 12.8 Å². The van der Waals surface area contributed by atoms with Gasteiger partial charge < -0.3 is 15.8 Å². The molecule has 1 aromatic heterocycles. The fourth-order valence-electron chi connectivity index (χ4n) is 1.75. The topological polar surface area (TPSA) is 82.2 Å². The zero-order valence-corrected chi connectivity index (χ0v) is 12.2. The lowest BCUT2D eigenvalue weighted by Crippen LogP contribution is -2.19. The molecule has 6 nitrogen and oxygen atoms in total. The lowest BCUT2D eigenvalue weighted by atomic mass is 10.2. The molecular formula is C13H13FN4O2S. The molecule has 0 unspecified atom stereocenters. The third kappa shape index (κ3) is 3.00. The number of carbonyl (C=O) groups is 1. The minimum Gasteiger partial charge on any atom is -0.494 e. The number of halogens is 1. The smallest absolute Gasteiger partial charge is 0.256 e. The van der Waals surface area contributed by atoms with Gasteiger partial charge in [0.25, 0.3) is 5.91 Å². The Morgan fingerprint density at radius 1 is 1.52 bits per heavy atom. The molecule has 110 valence electrons. The Kier molecular flexibility index (Phi) is 4.18. The van der Waals surface area contributed by atoms with E-state index in [-0.39, 0.29) is 16.3 Å². The quantitative estimate of drug-likeness (QED) is 0.836. The number of rotatable bonds is 4. The van der Waals surface area contributed by atoms with Crippen LogP contribution in [0.15, 0.2) is 24.4 Å². The number of nitrogens with one attached hydrogen (secondary N) is 1. The standard InChI is InChI=1S/C13H13FN4O2S/c1-18-12(8(6-16-18)11(15)21)17-13(19)7-3-4-9(14)10(5-7)20-2/h3-6H,1-2H3,(H2,15,21)(H,17,19). The highest BCUT2D eigenvalue weighted by molar-refractivity contribution is 7.80. The summed E-state index contributed by atoms with van der Waals surface area (Å²) in [6, 6.07) is 3.82. The fourth-order valence-corrected chi connectivity index (χ4v) is 1.90. The molecule has 0 radical (unpaired) electrons. The molecule has 1 heterocycles. The van der Waals surface area contributed by atoms with Crippen molar-refractivity contribution in [2.45, 2.75) is 0 Å². The molecule has 0 aliphatic rings. The maximum atomic E-state index is 13.3. The predicted molar refractivity (Wildman–Crippen MR) is 80.0 cm³/mol. The first-order chi connectivity index (χ1) is 9.93. The van der Waals surface area contributed by atoms with Crippen LogP contribution < -0.4 is 15.8 Å². The van der Waals surface area contributed by atoms with Crippen LogP contribution in [-0.2, 0) is 7.05 Å². The highest BCUT2D eigenvalue weighted by atomic mass is 32.1. The minimum absolute atomic E-state index is 0.0118. The van der Waals surface area contributed by atoms with Crippen LogP contribution in [0.3, 0.4) is 0 Å². The van der Waals surface area contributed by atoms with Gasteiger partial charge in [-0.05, 0) is 18.2 Å². The van der Waals surface area contributed by atoms with Crippen molar-refractivity contribution < 1.29 is 13.9 Å². The summed E-state index contributed by atoms with van der Waals surface area (Å²) in [5, 5.41) is 6.63. The van der Waals surface area contributed by atoms with E-state index in [1.165, 1.54) is 30.1 Å². The highest BCUT2D eigenvalue weighted by Gasteiger charge is 2.16. The molecular weight excluding hydrogens is 295 g/mol. The van der Waals surface area contributed by atoms with Crippen LogP contribution >= 0.6 is 12.2 Å². The summed E-state index contributed by atoms with van der Waals surface area (Å²) in [5.41, 5.74) is 6.26. The van der Waals surface area contributed by atoms with E-state index < -0.39 is 11.7 Å². The van der Waals surface area contributed by atoms with Crippen molar-refractivity contribution in [1.82, 2.24) is 9.78 Å². The Balaban J connectivity index is 2.30. The minimum atomic E-state index is -0.543. The van der Waals surface area contributed by atoms with Gasteiger partial charge in [0.1, 0.15) is 10.8 Å². The molecule has 0 saturated heterocycles. The molecule has 2 rings (SSSR count). The Labute approximate surface area is 125 Å². The number of nitrogens with zero attached hydrogens (tertiary/aromatic N) is 2. The van der Waals surface area contributed by atoms with Gasteiger partial charge in [-0.1, -0.05) is 12.2 Å². The van der Waals surface area contributed by atoms with Crippen molar-refractivity contribution in [3.05, 3.63) is 41.3 Å². The van der Waals surface area contributed by atoms with Crippen LogP contribution in [0.4, 0.5) is 10.2 Å². The molecule has 8 heteroatoms. The molecule has 0 spiro atoms. The van der Waals surface area contributed by atoms with E-state index in [1.807, 2.05) is 0 Å². The van der Waals surface area contributed by atoms with Crippen LogP contribution in [0.5, 0.6) is 5.75 Å². The maximum Gasteiger partial charge on any atom is 0.256 e. The molecule has 0 bridgehead atoms. The zero-order chi connectivity index (χ0) is 15.6. The first-order valence-corrected chi connectivity index (χ1v) is 6.31. The van der Waals surface area contributed by atoms with Gasteiger partial charge in [-0.2, -0.15) is 5.10 Å². The van der Waals surface area contributed by atoms with Gasteiger partial charge in [-0.3, -0.25) is 9.48 Å². The van der Waals surface area contributed by atoms with Gasteiger partial charge in [0.2, 0.25) is 0 Å². The lowest BCUT2D eigenvalue weighted by Gasteiger charge is -2.09. The number of aryl methyl sites for hydroxylation is 1. The molecule has 21 heavy (non-hydrogen) atoms. The summed E-state index contributed by atoms with van der Waals surface area (Å²) in [4.78, 5) is 12.3. The van der Waals surface area contributed by atoms with Gasteiger partial charge >= 0.3 is 0 Å². The van der Waals surface area contributed by atoms with E-state index in [1.54, 1.807) is 7.05 Å². The van der Waals surface area contributed by atoms with Gasteiger partial charge in [0, 0.05) is 12.6 Å². The van der Waals surface area contributed by atoms with Gasteiger partial charge in [-0.15, -0.1) is 0 Å². The number of anilines is 1. The number of nitrogens with two attached hydrogens (primary N) is 1. The second-order valence-electron chi connectivity index (χ2n) is 4.20. The molecule has 0 saturated carbocycles. The van der Waals surface area contributed by atoms with Crippen molar-refractivity contribution >= 4 is 28.9 Å². The van der Waals surface area contributed by atoms with E-state index in [9.17, 15) is 9.18 Å². The molecule has 1 aromatic carbocycles. The first-order valence-electron chi connectivity index (χ1n) is 5.90. The van der Waals surface area contributed by atoms with E-state index in [0.29, 0.717) is 11.4 Å². The predicted octanol–water partition coefficient (Wildman–Crippen LogP) is 1.45. The Morgan fingerprint density at radius 3 is 2.86 bits per heavy atom. The van der Waals surface area contributed by atoms with Crippen molar-refractivity contribution in [3.8, 4) is 5.75 Å². The number of hydrogen-bond acceptors (Lipinski definition) is 4.